The molecular formula is C42H33N2OP. The summed E-state index contributed by atoms with van der Waals surface area (Å²) in [5.41, 5.74) is 6.01. The summed E-state index contributed by atoms with van der Waals surface area (Å²) in [6.45, 7) is 8.31. The monoisotopic (exact) mass is 612 g/mol. The van der Waals surface area contributed by atoms with Crippen molar-refractivity contribution in [2.45, 2.75) is 0 Å². The average molecular weight is 613 g/mol. The van der Waals surface area contributed by atoms with Gasteiger partial charge in [-0.2, -0.15) is 0 Å². The molecule has 4 heteroatoms. The van der Waals surface area contributed by atoms with Crippen LogP contribution in [0.15, 0.2) is 176 Å². The number of rotatable bonds is 9. The summed E-state index contributed by atoms with van der Waals surface area (Å²) in [5.74, 6) is 0.688. The molecule has 0 radical (unpaired) electrons. The van der Waals surface area contributed by atoms with E-state index in [2.05, 4.69) is 158 Å². The number of hydrogen-bond acceptors (Lipinski definition) is 3. The third-order valence-corrected chi connectivity index (χ3v) is 10.5. The first-order valence-corrected chi connectivity index (χ1v) is 16.6. The Bertz CT molecular complexity index is 2060. The van der Waals surface area contributed by atoms with Crippen molar-refractivity contribution in [2.75, 3.05) is 6.54 Å². The molecule has 6 aromatic carbocycles. The van der Waals surface area contributed by atoms with Gasteiger partial charge in [-0.15, -0.1) is 0 Å². The van der Waals surface area contributed by atoms with E-state index in [0.717, 1.165) is 16.7 Å². The molecule has 0 aliphatic carbocycles. The lowest BCUT2D eigenvalue weighted by molar-refractivity contribution is 0.00407. The molecule has 0 fully saturated rings. The summed E-state index contributed by atoms with van der Waals surface area (Å²) < 4.78 is 0. The zero-order valence-corrected chi connectivity index (χ0v) is 26.4. The summed E-state index contributed by atoms with van der Waals surface area (Å²) >= 11 is 0. The maximum Gasteiger partial charge on any atom is 0.164 e. The third kappa shape index (κ3) is 6.06. The van der Waals surface area contributed by atoms with Crippen LogP contribution in [-0.4, -0.2) is 18.3 Å². The molecule has 0 N–H and O–H groups in total. The second kappa shape index (κ2) is 13.2. The quantitative estimate of drug-likeness (QED) is 0.120. The Morgan fingerprint density at radius 3 is 2.09 bits per heavy atom. The maximum absolute atomic E-state index is 6.41. The van der Waals surface area contributed by atoms with Crippen LogP contribution in [0.1, 0.15) is 11.1 Å². The molecule has 1 aliphatic rings. The van der Waals surface area contributed by atoms with Crippen LogP contribution < -0.4 is 20.8 Å². The number of nitrogens with zero attached hydrogens (tertiary/aromatic N) is 2. The van der Waals surface area contributed by atoms with Crippen molar-refractivity contribution in [3.63, 3.8) is 0 Å². The minimum Gasteiger partial charge on any atom is -0.379 e. The van der Waals surface area contributed by atoms with Gasteiger partial charge in [-0.1, -0.05) is 134 Å². The molecule has 1 heterocycles. The highest BCUT2D eigenvalue weighted by molar-refractivity contribution is 7.79. The van der Waals surface area contributed by atoms with E-state index in [1.54, 1.807) is 0 Å². The van der Waals surface area contributed by atoms with Crippen LogP contribution in [0.25, 0.3) is 33.2 Å². The van der Waals surface area contributed by atoms with Crippen molar-refractivity contribution in [3.05, 3.63) is 182 Å². The fraction of sp³-hybridized carbons (Fsp3) is 0.0238. The fourth-order valence-electron chi connectivity index (χ4n) is 5.91. The Hall–Kier alpha value is -5.50. The van der Waals surface area contributed by atoms with Crippen molar-refractivity contribution >= 4 is 52.6 Å². The number of aliphatic imine (C=N–C) groups is 1. The second-order valence-corrected chi connectivity index (χ2v) is 13.3. The van der Waals surface area contributed by atoms with Gasteiger partial charge in [0.25, 0.3) is 0 Å². The number of benzene rings is 6. The third-order valence-electron chi connectivity index (χ3n) is 8.11. The van der Waals surface area contributed by atoms with Crippen LogP contribution in [0.2, 0.25) is 0 Å². The second-order valence-electron chi connectivity index (χ2n) is 11.1. The lowest BCUT2D eigenvalue weighted by Crippen LogP contribution is -2.25. The minimum absolute atomic E-state index is 0.579. The van der Waals surface area contributed by atoms with Crippen molar-refractivity contribution in [1.82, 2.24) is 5.06 Å². The molecule has 3 nitrogen and oxygen atoms in total. The summed E-state index contributed by atoms with van der Waals surface area (Å²) in [5, 5.41) is 8.25. The molecule has 1 aliphatic heterocycles. The van der Waals surface area contributed by atoms with Crippen LogP contribution in [0.4, 0.5) is 0 Å². The van der Waals surface area contributed by atoms with E-state index in [-0.39, 0.29) is 0 Å². The number of hydrogen-bond donors (Lipinski definition) is 0. The number of fused-ring (bicyclic) bond motifs is 1. The van der Waals surface area contributed by atoms with Crippen LogP contribution in [0.3, 0.4) is 0 Å². The van der Waals surface area contributed by atoms with Gasteiger partial charge in [0.1, 0.15) is 0 Å². The highest BCUT2D eigenvalue weighted by Crippen LogP contribution is 2.38. The molecule has 0 atom stereocenters. The van der Waals surface area contributed by atoms with E-state index in [1.165, 1.54) is 37.8 Å². The molecule has 222 valence electrons. The van der Waals surface area contributed by atoms with Gasteiger partial charge in [-0.25, -0.2) is 5.06 Å². The van der Waals surface area contributed by atoms with E-state index in [4.69, 9.17) is 4.84 Å². The lowest BCUT2D eigenvalue weighted by Gasteiger charge is -2.25. The Morgan fingerprint density at radius 2 is 1.33 bits per heavy atom. The normalized spacial score (nSPS) is 12.6. The van der Waals surface area contributed by atoms with Crippen molar-refractivity contribution < 1.29 is 4.84 Å². The standard InChI is InChI=1S/C42H33N2OP/c1-31(43-2)39-22-11-12-25-42(39)45-44-26-14-17-33(30-44)34-27-35(41-24-13-16-32-15-9-10-23-40(32)41)29-38(28-34)46(36-18-5-3-6-19-36)37-20-7-4-8-21-37/h3-25,27-30H,1-2,26H2. The highest BCUT2D eigenvalue weighted by Gasteiger charge is 2.20. The maximum atomic E-state index is 6.41. The molecular weight excluding hydrogens is 579 g/mol. The molecule has 0 spiro atoms. The largest absolute Gasteiger partial charge is 0.379 e. The fourth-order valence-corrected chi connectivity index (χ4v) is 8.28. The first-order chi connectivity index (χ1) is 22.7. The van der Waals surface area contributed by atoms with Gasteiger partial charge in [0.2, 0.25) is 0 Å². The zero-order valence-electron chi connectivity index (χ0n) is 25.5. The van der Waals surface area contributed by atoms with Crippen LogP contribution in [-0.2, 0) is 0 Å². The van der Waals surface area contributed by atoms with Crippen LogP contribution in [0.5, 0.6) is 5.75 Å². The Morgan fingerprint density at radius 1 is 0.674 bits per heavy atom. The van der Waals surface area contributed by atoms with Crippen LogP contribution >= 0.6 is 7.92 Å². The van der Waals surface area contributed by atoms with E-state index in [1.807, 2.05) is 29.3 Å². The zero-order chi connectivity index (χ0) is 31.3. The van der Waals surface area contributed by atoms with Gasteiger partial charge in [0.05, 0.1) is 12.2 Å². The molecule has 0 amide bonds. The van der Waals surface area contributed by atoms with Gasteiger partial charge >= 0.3 is 0 Å². The van der Waals surface area contributed by atoms with E-state index >= 15 is 0 Å². The van der Waals surface area contributed by atoms with E-state index in [0.29, 0.717) is 18.0 Å². The van der Waals surface area contributed by atoms with Gasteiger partial charge in [0, 0.05) is 17.3 Å². The van der Waals surface area contributed by atoms with Crippen LogP contribution in [0, 0.1) is 0 Å². The van der Waals surface area contributed by atoms with Crippen molar-refractivity contribution in [1.29, 1.82) is 0 Å². The Balaban J connectivity index is 1.38. The summed E-state index contributed by atoms with van der Waals surface area (Å²) in [4.78, 5) is 10.5. The molecule has 7 rings (SSSR count). The van der Waals surface area contributed by atoms with Crippen molar-refractivity contribution in [3.8, 4) is 16.9 Å². The van der Waals surface area contributed by atoms with Gasteiger partial charge in [-0.3, -0.25) is 4.99 Å². The smallest absolute Gasteiger partial charge is 0.164 e. The number of allylic oxidation sites excluding steroid dienone is 2. The van der Waals surface area contributed by atoms with Gasteiger partial charge < -0.3 is 4.84 Å². The van der Waals surface area contributed by atoms with E-state index in [9.17, 15) is 0 Å². The molecule has 46 heavy (non-hydrogen) atoms. The predicted molar refractivity (Wildman–Crippen MR) is 198 cm³/mol. The van der Waals surface area contributed by atoms with Gasteiger partial charge in [-0.05, 0) is 88.3 Å². The van der Waals surface area contributed by atoms with Crippen molar-refractivity contribution in [2.24, 2.45) is 4.99 Å². The predicted octanol–water partition coefficient (Wildman–Crippen LogP) is 9.14. The number of hydroxylamine groups is 2. The van der Waals surface area contributed by atoms with E-state index < -0.39 is 7.92 Å². The summed E-state index contributed by atoms with van der Waals surface area (Å²) in [6, 6.07) is 51.8. The minimum atomic E-state index is -0.820. The summed E-state index contributed by atoms with van der Waals surface area (Å²) in [7, 11) is -0.820. The molecule has 0 saturated heterocycles. The topological polar surface area (TPSA) is 24.8 Å². The highest BCUT2D eigenvalue weighted by atomic mass is 31.1. The number of para-hydroxylation sites is 1. The molecule has 6 aromatic rings. The Labute approximate surface area is 271 Å². The molecule has 0 unspecified atom stereocenters. The molecule has 0 bridgehead atoms. The van der Waals surface area contributed by atoms with Gasteiger partial charge in [0.15, 0.2) is 5.75 Å². The molecule has 0 saturated carbocycles. The molecule has 0 aromatic heterocycles. The first kappa shape index (κ1) is 29.2. The lowest BCUT2D eigenvalue weighted by atomic mass is 9.95. The summed E-state index contributed by atoms with van der Waals surface area (Å²) in [6.07, 6.45) is 6.41. The average Bonchev–Trinajstić information content (AvgIpc) is 3.12. The SMILES string of the molecule is C=NC(=C)c1ccccc1ON1C=C(c2cc(-c3cccc4ccccc34)cc(P(c3ccccc3)c3ccccc3)c2)C=CC1. The first-order valence-electron chi connectivity index (χ1n) is 15.3. The Kier molecular flexibility index (Phi) is 8.41.